The van der Waals surface area contributed by atoms with Crippen molar-refractivity contribution in [1.82, 2.24) is 4.98 Å². The SMILES string of the molecule is CCOC(=O)c1ccc(C(=O)Oc2ccc(C(=O)c3ccc(F)cc3)cc2)nc1C. The highest BCUT2D eigenvalue weighted by molar-refractivity contribution is 6.09. The standard InChI is InChI=1S/C23H18FNO5/c1-3-29-22(27)19-12-13-20(25-14(19)2)23(28)30-18-10-6-16(7-11-18)21(26)15-4-8-17(24)9-5-15/h4-13H,3H2,1-2H3. The number of halogens is 1. The minimum atomic E-state index is -0.703. The van der Waals surface area contributed by atoms with Crippen molar-refractivity contribution in [3.05, 3.63) is 94.6 Å². The van der Waals surface area contributed by atoms with Crippen LogP contribution in [0.4, 0.5) is 4.39 Å². The molecule has 0 amide bonds. The number of carbonyl (C=O) groups is 3. The summed E-state index contributed by atoms with van der Waals surface area (Å²) in [6.45, 7) is 3.53. The monoisotopic (exact) mass is 407 g/mol. The summed E-state index contributed by atoms with van der Waals surface area (Å²) in [4.78, 5) is 40.7. The van der Waals surface area contributed by atoms with E-state index in [0.717, 1.165) is 0 Å². The number of ether oxygens (including phenoxy) is 2. The summed E-state index contributed by atoms with van der Waals surface area (Å²) < 4.78 is 23.2. The van der Waals surface area contributed by atoms with Crippen LogP contribution in [0.3, 0.4) is 0 Å². The maximum absolute atomic E-state index is 13.0. The molecule has 0 unspecified atom stereocenters. The summed E-state index contributed by atoms with van der Waals surface area (Å²) in [6.07, 6.45) is 0. The largest absolute Gasteiger partial charge is 0.462 e. The van der Waals surface area contributed by atoms with Crippen LogP contribution in [0.1, 0.15) is 49.4 Å². The fourth-order valence-electron chi connectivity index (χ4n) is 2.70. The smallest absolute Gasteiger partial charge is 0.362 e. The summed E-state index contributed by atoms with van der Waals surface area (Å²) in [5, 5.41) is 0. The third-order valence-corrected chi connectivity index (χ3v) is 4.22. The first-order valence-electron chi connectivity index (χ1n) is 9.16. The number of pyridine rings is 1. The van der Waals surface area contributed by atoms with Crippen LogP contribution < -0.4 is 4.74 Å². The molecule has 6 nitrogen and oxygen atoms in total. The molecule has 7 heteroatoms. The number of nitrogens with zero attached hydrogens (tertiary/aromatic N) is 1. The van der Waals surface area contributed by atoms with Crippen molar-refractivity contribution < 1.29 is 28.2 Å². The third kappa shape index (κ3) is 4.75. The van der Waals surface area contributed by atoms with Gasteiger partial charge in [0.2, 0.25) is 0 Å². The molecule has 1 aromatic heterocycles. The van der Waals surface area contributed by atoms with E-state index >= 15 is 0 Å². The fourth-order valence-corrected chi connectivity index (χ4v) is 2.70. The molecule has 0 aliphatic heterocycles. The number of benzene rings is 2. The molecule has 0 atom stereocenters. The number of aryl methyl sites for hydroxylation is 1. The lowest BCUT2D eigenvalue weighted by molar-refractivity contribution is 0.0523. The molecule has 0 fully saturated rings. The van der Waals surface area contributed by atoms with Crippen LogP contribution in [0, 0.1) is 12.7 Å². The van der Waals surface area contributed by atoms with Crippen LogP contribution in [-0.4, -0.2) is 29.3 Å². The highest BCUT2D eigenvalue weighted by atomic mass is 19.1. The van der Waals surface area contributed by atoms with Crippen molar-refractivity contribution in [3.63, 3.8) is 0 Å². The second-order valence-electron chi connectivity index (χ2n) is 6.30. The van der Waals surface area contributed by atoms with Crippen LogP contribution in [-0.2, 0) is 4.74 Å². The van der Waals surface area contributed by atoms with Gasteiger partial charge in [-0.25, -0.2) is 19.0 Å². The van der Waals surface area contributed by atoms with Crippen LogP contribution in [0.5, 0.6) is 5.75 Å². The Labute approximate surface area is 172 Å². The van der Waals surface area contributed by atoms with Crippen molar-refractivity contribution in [3.8, 4) is 5.75 Å². The lowest BCUT2D eigenvalue weighted by Gasteiger charge is -2.08. The molecule has 1 heterocycles. The van der Waals surface area contributed by atoms with E-state index in [0.29, 0.717) is 16.8 Å². The Morgan fingerprint density at radius 2 is 1.47 bits per heavy atom. The van der Waals surface area contributed by atoms with Crippen molar-refractivity contribution in [2.24, 2.45) is 0 Å². The molecular weight excluding hydrogens is 389 g/mol. The number of ketones is 1. The topological polar surface area (TPSA) is 82.6 Å². The van der Waals surface area contributed by atoms with Gasteiger partial charge in [0.25, 0.3) is 0 Å². The predicted octanol–water partition coefficient (Wildman–Crippen LogP) is 4.16. The Kier molecular flexibility index (Phi) is 6.32. The number of hydrogen-bond donors (Lipinski definition) is 0. The maximum atomic E-state index is 13.0. The van der Waals surface area contributed by atoms with Gasteiger partial charge in [-0.05, 0) is 74.5 Å². The Balaban J connectivity index is 1.70. The zero-order valence-electron chi connectivity index (χ0n) is 16.3. The van der Waals surface area contributed by atoms with Gasteiger partial charge in [-0.3, -0.25) is 4.79 Å². The summed E-state index contributed by atoms with van der Waals surface area (Å²) in [7, 11) is 0. The summed E-state index contributed by atoms with van der Waals surface area (Å²) in [6, 6.07) is 14.1. The minimum absolute atomic E-state index is 0.0343. The molecule has 0 aliphatic rings. The predicted molar refractivity (Wildman–Crippen MR) is 106 cm³/mol. The summed E-state index contributed by atoms with van der Waals surface area (Å²) >= 11 is 0. The molecule has 3 aromatic rings. The van der Waals surface area contributed by atoms with E-state index in [1.807, 2.05) is 0 Å². The minimum Gasteiger partial charge on any atom is -0.462 e. The molecule has 0 spiro atoms. The first-order chi connectivity index (χ1) is 14.4. The molecule has 0 N–H and O–H groups in total. The van der Waals surface area contributed by atoms with Crippen LogP contribution >= 0.6 is 0 Å². The van der Waals surface area contributed by atoms with Gasteiger partial charge in [-0.1, -0.05) is 0 Å². The van der Waals surface area contributed by atoms with E-state index in [-0.39, 0.29) is 29.4 Å². The molecule has 0 aliphatic carbocycles. The average molecular weight is 407 g/mol. The maximum Gasteiger partial charge on any atom is 0.362 e. The van der Waals surface area contributed by atoms with Crippen LogP contribution in [0.25, 0.3) is 0 Å². The molecule has 3 rings (SSSR count). The Bertz CT molecular complexity index is 1090. The fraction of sp³-hybridized carbons (Fsp3) is 0.130. The van der Waals surface area contributed by atoms with Gasteiger partial charge >= 0.3 is 11.9 Å². The lowest BCUT2D eigenvalue weighted by Crippen LogP contribution is -2.14. The van der Waals surface area contributed by atoms with Gasteiger partial charge < -0.3 is 9.47 Å². The summed E-state index contributed by atoms with van der Waals surface area (Å²) in [5.41, 5.74) is 1.38. The van der Waals surface area contributed by atoms with Gasteiger partial charge in [0, 0.05) is 11.1 Å². The van der Waals surface area contributed by atoms with Crippen molar-refractivity contribution >= 4 is 17.7 Å². The normalized spacial score (nSPS) is 10.4. The van der Waals surface area contributed by atoms with Crippen molar-refractivity contribution in [2.75, 3.05) is 6.61 Å². The molecule has 2 aromatic carbocycles. The third-order valence-electron chi connectivity index (χ3n) is 4.22. The van der Waals surface area contributed by atoms with Crippen LogP contribution in [0.15, 0.2) is 60.7 Å². The first kappa shape index (κ1) is 20.9. The summed E-state index contributed by atoms with van der Waals surface area (Å²) in [5.74, 6) is -1.69. The van der Waals surface area contributed by atoms with Gasteiger partial charge in [0.1, 0.15) is 17.3 Å². The van der Waals surface area contributed by atoms with Crippen molar-refractivity contribution in [1.29, 1.82) is 0 Å². The van der Waals surface area contributed by atoms with E-state index in [1.54, 1.807) is 13.8 Å². The molecule has 0 bridgehead atoms. The van der Waals surface area contributed by atoms with Gasteiger partial charge in [-0.15, -0.1) is 0 Å². The second kappa shape index (κ2) is 9.09. The molecular formula is C23H18FNO5. The molecule has 30 heavy (non-hydrogen) atoms. The van der Waals surface area contributed by atoms with E-state index in [2.05, 4.69) is 4.98 Å². The zero-order chi connectivity index (χ0) is 21.7. The molecule has 0 saturated carbocycles. The zero-order valence-corrected chi connectivity index (χ0v) is 16.3. The molecule has 152 valence electrons. The first-order valence-corrected chi connectivity index (χ1v) is 9.16. The van der Waals surface area contributed by atoms with Crippen molar-refractivity contribution in [2.45, 2.75) is 13.8 Å². The number of carbonyl (C=O) groups excluding carboxylic acids is 3. The molecule has 0 radical (unpaired) electrons. The Morgan fingerprint density at radius 1 is 0.867 bits per heavy atom. The van der Waals surface area contributed by atoms with E-state index in [4.69, 9.17) is 9.47 Å². The number of rotatable bonds is 6. The second-order valence-corrected chi connectivity index (χ2v) is 6.30. The Hall–Kier alpha value is -3.87. The van der Waals surface area contributed by atoms with Gasteiger partial charge in [-0.2, -0.15) is 0 Å². The number of aromatic nitrogens is 1. The molecule has 0 saturated heterocycles. The Morgan fingerprint density at radius 3 is 2.03 bits per heavy atom. The highest BCUT2D eigenvalue weighted by Gasteiger charge is 2.17. The average Bonchev–Trinajstić information content (AvgIpc) is 2.74. The highest BCUT2D eigenvalue weighted by Crippen LogP contribution is 2.18. The van der Waals surface area contributed by atoms with Gasteiger partial charge in [0.05, 0.1) is 17.9 Å². The number of hydrogen-bond acceptors (Lipinski definition) is 6. The van der Waals surface area contributed by atoms with E-state index in [9.17, 15) is 18.8 Å². The number of esters is 2. The van der Waals surface area contributed by atoms with E-state index in [1.165, 1.54) is 60.7 Å². The van der Waals surface area contributed by atoms with Crippen LogP contribution in [0.2, 0.25) is 0 Å². The van der Waals surface area contributed by atoms with E-state index < -0.39 is 17.8 Å². The lowest BCUT2D eigenvalue weighted by atomic mass is 10.0. The quantitative estimate of drug-likeness (QED) is 0.347. The van der Waals surface area contributed by atoms with Gasteiger partial charge in [0.15, 0.2) is 5.78 Å².